The summed E-state index contributed by atoms with van der Waals surface area (Å²) in [6, 6.07) is 0. The molecule has 0 rings (SSSR count). The van der Waals surface area contributed by atoms with Crippen LogP contribution in [0.25, 0.3) is 0 Å². The van der Waals surface area contributed by atoms with E-state index in [1.807, 2.05) is 0 Å². The topological polar surface area (TPSA) is 52.6 Å². The quantitative estimate of drug-likeness (QED) is 0.216. The minimum absolute atomic E-state index is 0.0342. The molecule has 0 aromatic heterocycles. The van der Waals surface area contributed by atoms with Crippen LogP contribution in [-0.4, -0.2) is 35.7 Å². The van der Waals surface area contributed by atoms with Crippen LogP contribution in [-0.2, 0) is 19.1 Å². The van der Waals surface area contributed by atoms with Gasteiger partial charge in [-0.25, -0.2) is 0 Å². The normalized spacial score (nSPS) is 11.1. The highest BCUT2D eigenvalue weighted by Gasteiger charge is 2.15. The number of carbonyl (C=O) groups excluding carboxylic acids is 2. The van der Waals surface area contributed by atoms with Crippen LogP contribution >= 0.6 is 21.6 Å². The maximum Gasteiger partial charge on any atom is 0.317 e. The first kappa shape index (κ1) is 23.6. The van der Waals surface area contributed by atoms with E-state index in [0.29, 0.717) is 0 Å². The largest absolute Gasteiger partial charge is 0.462 e. The van der Waals surface area contributed by atoms with E-state index in [1.54, 1.807) is 0 Å². The molecule has 0 atom stereocenters. The summed E-state index contributed by atoms with van der Waals surface area (Å²) in [6.45, 7) is 8.38. The fourth-order valence-corrected chi connectivity index (χ4v) is 4.00. The molecule has 24 heavy (non-hydrogen) atoms. The first-order valence-electron chi connectivity index (χ1n) is 9.20. The first-order valence-corrected chi connectivity index (χ1v) is 11.7. The van der Waals surface area contributed by atoms with Gasteiger partial charge in [0, 0.05) is 0 Å². The third-order valence-corrected chi connectivity index (χ3v) is 5.56. The molecule has 0 radical (unpaired) electrons. The number of esters is 2. The Bertz CT molecular complexity index is 293. The van der Waals surface area contributed by atoms with Crippen molar-refractivity contribution in [3.8, 4) is 0 Å². The Morgan fingerprint density at radius 2 is 0.958 bits per heavy atom. The monoisotopic (exact) mass is 378 g/mol. The molecule has 0 fully saturated rings. The summed E-state index contributed by atoms with van der Waals surface area (Å²) in [5, 5.41) is 0. The van der Waals surface area contributed by atoms with Gasteiger partial charge in [-0.3, -0.25) is 9.59 Å². The number of hydrogen-bond acceptors (Lipinski definition) is 6. The summed E-state index contributed by atoms with van der Waals surface area (Å²) < 4.78 is 11.0. The Morgan fingerprint density at radius 1 is 0.667 bits per heavy atom. The molecule has 0 saturated heterocycles. The molecule has 4 nitrogen and oxygen atoms in total. The fourth-order valence-electron chi connectivity index (χ4n) is 2.43. The Balaban J connectivity index is 3.89. The van der Waals surface area contributed by atoms with Gasteiger partial charge in [-0.05, 0) is 25.7 Å². The first-order chi connectivity index (χ1) is 11.6. The minimum atomic E-state index is -0.192. The summed E-state index contributed by atoms with van der Waals surface area (Å²) in [5.74, 6) is 0.162. The van der Waals surface area contributed by atoms with Gasteiger partial charge < -0.3 is 9.47 Å². The molecule has 0 aromatic carbocycles. The Hall–Kier alpha value is -0.360. The van der Waals surface area contributed by atoms with E-state index in [2.05, 4.69) is 27.7 Å². The molecule has 6 heteroatoms. The number of carbonyl (C=O) groups is 2. The molecule has 0 bridgehead atoms. The molecule has 0 aromatic rings. The van der Waals surface area contributed by atoms with Crippen molar-refractivity contribution in [2.24, 2.45) is 0 Å². The maximum atomic E-state index is 11.8. The second kappa shape index (κ2) is 16.1. The van der Waals surface area contributed by atoms with Crippen LogP contribution in [0.15, 0.2) is 0 Å². The van der Waals surface area contributed by atoms with Crippen LogP contribution in [0.3, 0.4) is 0 Å². The standard InChI is InChI=1S/C18H34O4S2/c1-5-9-15(10-6-2)21-17(19)13-23-24-14-18(20)22-16(11-7-3)12-8-4/h15-16H,5-14H2,1-4H3. The van der Waals surface area contributed by atoms with Crippen LogP contribution in [0.1, 0.15) is 79.1 Å². The van der Waals surface area contributed by atoms with Gasteiger partial charge in [-0.1, -0.05) is 75.0 Å². The van der Waals surface area contributed by atoms with Crippen molar-refractivity contribution in [2.75, 3.05) is 11.5 Å². The summed E-state index contributed by atoms with van der Waals surface area (Å²) in [6.07, 6.45) is 7.80. The lowest BCUT2D eigenvalue weighted by Gasteiger charge is -2.17. The average Bonchev–Trinajstić information content (AvgIpc) is 2.52. The van der Waals surface area contributed by atoms with E-state index >= 15 is 0 Å². The highest BCUT2D eigenvalue weighted by Crippen LogP contribution is 2.23. The van der Waals surface area contributed by atoms with E-state index in [-0.39, 0.29) is 35.7 Å². The molecule has 0 aliphatic heterocycles. The number of hydrogen-bond donors (Lipinski definition) is 0. The zero-order chi connectivity index (χ0) is 18.2. The third-order valence-electron chi connectivity index (χ3n) is 3.48. The van der Waals surface area contributed by atoms with E-state index in [9.17, 15) is 9.59 Å². The molecule has 0 heterocycles. The zero-order valence-electron chi connectivity index (χ0n) is 15.7. The van der Waals surface area contributed by atoms with E-state index < -0.39 is 0 Å². The van der Waals surface area contributed by atoms with Crippen LogP contribution in [0.2, 0.25) is 0 Å². The van der Waals surface area contributed by atoms with Crippen LogP contribution in [0.5, 0.6) is 0 Å². The number of rotatable bonds is 15. The molecule has 0 aliphatic rings. The molecular formula is C18H34O4S2. The molecule has 0 unspecified atom stereocenters. The van der Waals surface area contributed by atoms with Crippen molar-refractivity contribution in [3.63, 3.8) is 0 Å². The van der Waals surface area contributed by atoms with Crippen LogP contribution in [0.4, 0.5) is 0 Å². The van der Waals surface area contributed by atoms with Crippen molar-refractivity contribution in [2.45, 2.75) is 91.3 Å². The molecular weight excluding hydrogens is 344 g/mol. The van der Waals surface area contributed by atoms with Gasteiger partial charge in [0.15, 0.2) is 0 Å². The smallest absolute Gasteiger partial charge is 0.317 e. The molecule has 0 amide bonds. The maximum absolute atomic E-state index is 11.8. The fraction of sp³-hybridized carbons (Fsp3) is 0.889. The van der Waals surface area contributed by atoms with Crippen molar-refractivity contribution in [3.05, 3.63) is 0 Å². The highest BCUT2D eigenvalue weighted by molar-refractivity contribution is 8.77. The lowest BCUT2D eigenvalue weighted by molar-refractivity contribution is -0.147. The van der Waals surface area contributed by atoms with E-state index in [1.165, 1.54) is 21.6 Å². The van der Waals surface area contributed by atoms with Crippen molar-refractivity contribution < 1.29 is 19.1 Å². The van der Waals surface area contributed by atoms with Crippen LogP contribution < -0.4 is 0 Å². The third kappa shape index (κ3) is 13.0. The lowest BCUT2D eigenvalue weighted by Crippen LogP contribution is -2.20. The van der Waals surface area contributed by atoms with Gasteiger partial charge in [0.25, 0.3) is 0 Å². The van der Waals surface area contributed by atoms with Gasteiger partial charge in [-0.15, -0.1) is 0 Å². The van der Waals surface area contributed by atoms with Gasteiger partial charge >= 0.3 is 11.9 Å². The summed E-state index contributed by atoms with van der Waals surface area (Å²) in [7, 11) is 2.73. The predicted molar refractivity (Wildman–Crippen MR) is 104 cm³/mol. The van der Waals surface area contributed by atoms with Crippen molar-refractivity contribution in [1.29, 1.82) is 0 Å². The Labute approximate surface area is 155 Å². The van der Waals surface area contributed by atoms with E-state index in [0.717, 1.165) is 51.4 Å². The second-order valence-electron chi connectivity index (χ2n) is 5.90. The number of ether oxygens (including phenoxy) is 2. The summed E-state index contributed by atoms with van der Waals surface area (Å²) in [4.78, 5) is 23.6. The molecule has 142 valence electrons. The second-order valence-corrected chi connectivity index (χ2v) is 8.37. The molecule has 0 saturated carbocycles. The average molecular weight is 379 g/mol. The lowest BCUT2D eigenvalue weighted by atomic mass is 10.1. The van der Waals surface area contributed by atoms with Gasteiger partial charge in [-0.2, -0.15) is 0 Å². The van der Waals surface area contributed by atoms with Gasteiger partial charge in [0.2, 0.25) is 0 Å². The van der Waals surface area contributed by atoms with E-state index in [4.69, 9.17) is 9.47 Å². The van der Waals surface area contributed by atoms with Gasteiger partial charge in [0.05, 0.1) is 0 Å². The SMILES string of the molecule is CCCC(CCC)OC(=O)CSSCC(=O)OC(CCC)CCC. The Kier molecular flexibility index (Phi) is 15.9. The minimum Gasteiger partial charge on any atom is -0.462 e. The van der Waals surface area contributed by atoms with Crippen molar-refractivity contribution in [1.82, 2.24) is 0 Å². The predicted octanol–water partition coefficient (Wildman–Crippen LogP) is 5.39. The highest BCUT2D eigenvalue weighted by atomic mass is 33.1. The summed E-state index contributed by atoms with van der Waals surface area (Å²) in [5.41, 5.74) is 0. The summed E-state index contributed by atoms with van der Waals surface area (Å²) >= 11 is 0. The van der Waals surface area contributed by atoms with Crippen molar-refractivity contribution >= 4 is 33.5 Å². The molecule has 0 N–H and O–H groups in total. The Morgan fingerprint density at radius 3 is 1.21 bits per heavy atom. The van der Waals surface area contributed by atoms with Gasteiger partial charge in [0.1, 0.15) is 23.7 Å². The van der Waals surface area contributed by atoms with Crippen LogP contribution in [0, 0.1) is 0 Å². The molecule has 0 spiro atoms. The zero-order valence-corrected chi connectivity index (χ0v) is 17.3. The molecule has 0 aliphatic carbocycles.